The van der Waals surface area contributed by atoms with Crippen molar-refractivity contribution < 1.29 is 18.6 Å². The number of non-ortho nitro benzene ring substituents is 1. The number of nitrogens with zero attached hydrogens (tertiary/aromatic N) is 3. The highest BCUT2D eigenvalue weighted by Crippen LogP contribution is 2.30. The fraction of sp³-hybridized carbons (Fsp3) is 0.136. The molecule has 2 aromatic carbocycles. The van der Waals surface area contributed by atoms with Crippen LogP contribution in [0.3, 0.4) is 0 Å². The molecule has 0 spiro atoms. The first-order valence-electron chi connectivity index (χ1n) is 9.10. The lowest BCUT2D eigenvalue weighted by Crippen LogP contribution is -2.06. The molecule has 0 aliphatic carbocycles. The van der Waals surface area contributed by atoms with Gasteiger partial charge < -0.3 is 14.2 Å². The van der Waals surface area contributed by atoms with Crippen LogP contribution in [-0.2, 0) is 17.6 Å². The molecule has 0 bridgehead atoms. The highest BCUT2D eigenvalue weighted by Gasteiger charge is 2.16. The van der Waals surface area contributed by atoms with Gasteiger partial charge in [-0.05, 0) is 24.3 Å². The first-order chi connectivity index (χ1) is 15.0. The Hall–Kier alpha value is -4.63. The van der Waals surface area contributed by atoms with Gasteiger partial charge in [-0.3, -0.25) is 14.9 Å². The second-order valence-electron chi connectivity index (χ2n) is 6.45. The second-order valence-corrected chi connectivity index (χ2v) is 6.45. The molecule has 2 aromatic heterocycles. The Kier molecular flexibility index (Phi) is 6.29. The number of nitrogens with one attached hydrogen (secondary N) is 1. The SMILES string of the molecule is CC(=O)Nc1ccc(CC#N)c2occc12.N#CCc1ccc([N+](=O)[O-])c2ccoc12. The number of nitro benzene ring substituents is 1. The minimum atomic E-state index is -0.464. The Labute approximate surface area is 176 Å². The summed E-state index contributed by atoms with van der Waals surface area (Å²) < 4.78 is 10.5. The van der Waals surface area contributed by atoms with Crippen LogP contribution in [0.1, 0.15) is 18.1 Å². The van der Waals surface area contributed by atoms with Crippen molar-refractivity contribution in [3.63, 3.8) is 0 Å². The summed E-state index contributed by atoms with van der Waals surface area (Å²) in [5.41, 5.74) is 3.29. The van der Waals surface area contributed by atoms with Gasteiger partial charge in [0.15, 0.2) is 0 Å². The van der Waals surface area contributed by atoms with E-state index in [1.54, 1.807) is 30.5 Å². The molecule has 4 aromatic rings. The smallest absolute Gasteiger partial charge is 0.280 e. The van der Waals surface area contributed by atoms with Crippen molar-refractivity contribution in [2.75, 3.05) is 5.32 Å². The number of benzene rings is 2. The van der Waals surface area contributed by atoms with Crippen LogP contribution in [0.2, 0.25) is 0 Å². The van der Waals surface area contributed by atoms with Crippen LogP contribution in [0.5, 0.6) is 0 Å². The maximum atomic E-state index is 11.0. The lowest BCUT2D eigenvalue weighted by molar-refractivity contribution is -0.383. The lowest BCUT2D eigenvalue weighted by Gasteiger charge is -2.05. The highest BCUT2D eigenvalue weighted by atomic mass is 16.6. The van der Waals surface area contributed by atoms with Crippen molar-refractivity contribution in [2.45, 2.75) is 19.8 Å². The van der Waals surface area contributed by atoms with Crippen molar-refractivity contribution in [1.29, 1.82) is 10.5 Å². The Morgan fingerprint density at radius 3 is 2.06 bits per heavy atom. The predicted molar refractivity (Wildman–Crippen MR) is 112 cm³/mol. The molecular weight excluding hydrogens is 400 g/mol. The number of hydrogen-bond acceptors (Lipinski definition) is 7. The molecule has 0 atom stereocenters. The number of carbonyl (C=O) groups is 1. The van der Waals surface area contributed by atoms with E-state index in [0.717, 1.165) is 10.9 Å². The summed E-state index contributed by atoms with van der Waals surface area (Å²) >= 11 is 0. The van der Waals surface area contributed by atoms with Crippen LogP contribution in [0, 0.1) is 32.8 Å². The standard InChI is InChI=1S/C12H10N2O2.C10H6N2O3/c1-8(15)14-11-3-2-9(4-6-13)12-10(11)5-7-16-12;11-5-3-7-1-2-9(12(13)14)8-4-6-15-10(7)8/h2-3,5,7H,4H2,1H3,(H,14,15);1-2,4,6H,3H2. The van der Waals surface area contributed by atoms with Gasteiger partial charge in [-0.25, -0.2) is 0 Å². The molecule has 1 amide bonds. The average molecular weight is 416 g/mol. The van der Waals surface area contributed by atoms with Gasteiger partial charge in [0.05, 0.1) is 53.5 Å². The van der Waals surface area contributed by atoms with Gasteiger partial charge in [0.25, 0.3) is 5.69 Å². The largest absolute Gasteiger partial charge is 0.464 e. The summed E-state index contributed by atoms with van der Waals surface area (Å²) in [5, 5.41) is 31.9. The molecule has 31 heavy (non-hydrogen) atoms. The van der Waals surface area contributed by atoms with Gasteiger partial charge in [-0.2, -0.15) is 10.5 Å². The third-order valence-corrected chi connectivity index (χ3v) is 4.42. The molecule has 0 radical (unpaired) electrons. The number of nitro groups is 1. The van der Waals surface area contributed by atoms with Crippen molar-refractivity contribution in [3.8, 4) is 12.1 Å². The number of hydrogen-bond donors (Lipinski definition) is 1. The molecule has 4 rings (SSSR count). The van der Waals surface area contributed by atoms with Gasteiger partial charge >= 0.3 is 0 Å². The minimum absolute atomic E-state index is 0.000407. The van der Waals surface area contributed by atoms with E-state index < -0.39 is 4.92 Å². The van der Waals surface area contributed by atoms with Crippen molar-refractivity contribution in [1.82, 2.24) is 0 Å². The zero-order valence-corrected chi connectivity index (χ0v) is 16.4. The third kappa shape index (κ3) is 4.52. The molecule has 2 heterocycles. The maximum Gasteiger partial charge on any atom is 0.280 e. The van der Waals surface area contributed by atoms with Gasteiger partial charge in [0.1, 0.15) is 11.2 Å². The topological polar surface area (TPSA) is 146 Å². The number of nitriles is 2. The predicted octanol–water partition coefficient (Wildman–Crippen LogP) is 4.86. The van der Waals surface area contributed by atoms with E-state index in [1.165, 1.54) is 25.3 Å². The molecule has 0 unspecified atom stereocenters. The van der Waals surface area contributed by atoms with Crippen LogP contribution in [0.25, 0.3) is 21.9 Å². The Bertz CT molecular complexity index is 1350. The van der Waals surface area contributed by atoms with E-state index in [1.807, 2.05) is 6.07 Å². The van der Waals surface area contributed by atoms with Gasteiger partial charge in [-0.15, -0.1) is 0 Å². The number of fused-ring (bicyclic) bond motifs is 2. The molecule has 0 saturated heterocycles. The maximum absolute atomic E-state index is 11.0. The Morgan fingerprint density at radius 2 is 1.52 bits per heavy atom. The summed E-state index contributed by atoms with van der Waals surface area (Å²) in [5.74, 6) is -0.129. The molecule has 0 fully saturated rings. The van der Waals surface area contributed by atoms with Crippen LogP contribution in [0.15, 0.2) is 57.8 Å². The molecule has 0 aliphatic heterocycles. The molecule has 154 valence electrons. The molecular formula is C22H16N4O5. The van der Waals surface area contributed by atoms with Crippen molar-refractivity contribution in [2.24, 2.45) is 0 Å². The molecule has 0 aliphatic rings. The van der Waals surface area contributed by atoms with Crippen molar-refractivity contribution in [3.05, 3.63) is 70.2 Å². The van der Waals surface area contributed by atoms with Gasteiger partial charge in [0, 0.05) is 29.5 Å². The van der Waals surface area contributed by atoms with Crippen LogP contribution in [0.4, 0.5) is 11.4 Å². The molecule has 9 heteroatoms. The molecule has 1 N–H and O–H groups in total. The van der Waals surface area contributed by atoms with Gasteiger partial charge in [-0.1, -0.05) is 6.07 Å². The van der Waals surface area contributed by atoms with E-state index in [-0.39, 0.29) is 18.0 Å². The first-order valence-corrected chi connectivity index (χ1v) is 9.10. The van der Waals surface area contributed by atoms with Crippen LogP contribution >= 0.6 is 0 Å². The van der Waals surface area contributed by atoms with E-state index >= 15 is 0 Å². The Morgan fingerprint density at radius 1 is 0.968 bits per heavy atom. The number of amides is 1. The zero-order valence-electron chi connectivity index (χ0n) is 16.4. The van der Waals surface area contributed by atoms with E-state index in [9.17, 15) is 14.9 Å². The number of anilines is 1. The highest BCUT2D eigenvalue weighted by molar-refractivity contribution is 6.00. The number of rotatable bonds is 4. The third-order valence-electron chi connectivity index (χ3n) is 4.42. The second kappa shape index (κ2) is 9.25. The zero-order chi connectivity index (χ0) is 22.4. The summed E-state index contributed by atoms with van der Waals surface area (Å²) in [6.07, 6.45) is 3.42. The van der Waals surface area contributed by atoms with Gasteiger partial charge in [0.2, 0.25) is 5.91 Å². The van der Waals surface area contributed by atoms with E-state index in [0.29, 0.717) is 34.2 Å². The first kappa shape index (κ1) is 21.1. The molecule has 0 saturated carbocycles. The van der Waals surface area contributed by atoms with Crippen LogP contribution in [-0.4, -0.2) is 10.8 Å². The summed E-state index contributed by atoms with van der Waals surface area (Å²) in [6.45, 7) is 1.45. The van der Waals surface area contributed by atoms with Crippen LogP contribution < -0.4 is 5.32 Å². The quantitative estimate of drug-likeness (QED) is 0.369. The monoisotopic (exact) mass is 416 g/mol. The lowest BCUT2D eigenvalue weighted by atomic mass is 10.1. The fourth-order valence-corrected chi connectivity index (χ4v) is 3.13. The van der Waals surface area contributed by atoms with E-state index in [2.05, 4.69) is 11.4 Å². The fourth-order valence-electron chi connectivity index (χ4n) is 3.13. The Balaban J connectivity index is 0.000000176. The summed E-state index contributed by atoms with van der Waals surface area (Å²) in [7, 11) is 0. The molecule has 9 nitrogen and oxygen atoms in total. The van der Waals surface area contributed by atoms with Crippen molar-refractivity contribution >= 4 is 39.2 Å². The normalized spacial score (nSPS) is 10.0. The average Bonchev–Trinajstić information content (AvgIpc) is 3.40. The van der Waals surface area contributed by atoms with E-state index in [4.69, 9.17) is 19.4 Å². The minimum Gasteiger partial charge on any atom is -0.464 e. The number of carbonyl (C=O) groups excluding carboxylic acids is 1. The summed E-state index contributed by atoms with van der Waals surface area (Å²) in [4.78, 5) is 21.2. The number of furan rings is 2. The summed E-state index contributed by atoms with van der Waals surface area (Å²) in [6, 6.07) is 13.9.